The predicted molar refractivity (Wildman–Crippen MR) is 58.6 cm³/mol. The van der Waals surface area contributed by atoms with E-state index in [2.05, 4.69) is 0 Å². The number of allylic oxidation sites excluding steroid dienone is 2. The molecule has 4 heteroatoms. The second-order valence-electron chi connectivity index (χ2n) is 4.47. The molecule has 0 N–H and O–H groups in total. The molecule has 0 saturated carbocycles. The Morgan fingerprint density at radius 2 is 1.12 bits per heavy atom. The van der Waals surface area contributed by atoms with Crippen LogP contribution >= 0.6 is 0 Å². The average Bonchev–Trinajstić information content (AvgIpc) is 2.07. The number of nitrogens with zero attached hydrogens (tertiary/aromatic N) is 2. The summed E-state index contributed by atoms with van der Waals surface area (Å²) in [6, 6.07) is 0. The minimum absolute atomic E-state index is 0.0128. The van der Waals surface area contributed by atoms with Crippen LogP contribution in [0, 0.1) is 0 Å². The van der Waals surface area contributed by atoms with Crippen molar-refractivity contribution in [2.75, 3.05) is 26.2 Å². The van der Waals surface area contributed by atoms with Gasteiger partial charge in [0.25, 0.3) is 0 Å². The number of likely N-dealkylation sites (tertiary alicyclic amines) is 2. The SMILES string of the molecule is O=C1C=C(N2CCC2)C(=O)C=C1N1CCC1. The summed E-state index contributed by atoms with van der Waals surface area (Å²) >= 11 is 0. The molecule has 3 rings (SSSR count). The standard InChI is InChI=1S/C12H14N2O2/c15-11-8-10(14-5-2-6-14)12(16)7-9(11)13-3-1-4-13/h7-8H,1-6H2. The Morgan fingerprint density at radius 3 is 1.38 bits per heavy atom. The maximum atomic E-state index is 11.9. The summed E-state index contributed by atoms with van der Waals surface area (Å²) in [5, 5.41) is 0. The van der Waals surface area contributed by atoms with Crippen LogP contribution in [-0.4, -0.2) is 47.5 Å². The van der Waals surface area contributed by atoms with E-state index in [-0.39, 0.29) is 11.6 Å². The van der Waals surface area contributed by atoms with Gasteiger partial charge in [0, 0.05) is 38.3 Å². The molecule has 0 amide bonds. The molecular formula is C12H14N2O2. The van der Waals surface area contributed by atoms with Crippen molar-refractivity contribution in [3.05, 3.63) is 23.5 Å². The molecule has 1 aliphatic carbocycles. The lowest BCUT2D eigenvalue weighted by Gasteiger charge is -2.38. The monoisotopic (exact) mass is 218 g/mol. The van der Waals surface area contributed by atoms with Gasteiger partial charge >= 0.3 is 0 Å². The van der Waals surface area contributed by atoms with Crippen molar-refractivity contribution in [3.63, 3.8) is 0 Å². The molecule has 3 aliphatic rings. The average molecular weight is 218 g/mol. The van der Waals surface area contributed by atoms with Crippen molar-refractivity contribution in [2.24, 2.45) is 0 Å². The lowest BCUT2D eigenvalue weighted by Crippen LogP contribution is -2.43. The van der Waals surface area contributed by atoms with Crippen LogP contribution in [0.1, 0.15) is 12.8 Å². The van der Waals surface area contributed by atoms with Gasteiger partial charge in [-0.2, -0.15) is 0 Å². The predicted octanol–water partition coefficient (Wildman–Crippen LogP) is 0.317. The summed E-state index contributed by atoms with van der Waals surface area (Å²) in [6.07, 6.45) is 5.24. The topological polar surface area (TPSA) is 40.6 Å². The fourth-order valence-electron chi connectivity index (χ4n) is 2.15. The largest absolute Gasteiger partial charge is 0.368 e. The molecule has 0 aromatic rings. The zero-order valence-electron chi connectivity index (χ0n) is 9.11. The Labute approximate surface area is 94.2 Å². The van der Waals surface area contributed by atoms with Gasteiger partial charge in [-0.15, -0.1) is 0 Å². The number of hydrogen-bond acceptors (Lipinski definition) is 4. The van der Waals surface area contributed by atoms with Gasteiger partial charge in [-0.05, 0) is 12.8 Å². The second kappa shape index (κ2) is 3.47. The number of hydrogen-bond donors (Lipinski definition) is 0. The molecule has 2 aliphatic heterocycles. The maximum Gasteiger partial charge on any atom is 0.204 e. The minimum Gasteiger partial charge on any atom is -0.368 e. The molecule has 2 heterocycles. The first-order valence-electron chi connectivity index (χ1n) is 5.78. The Balaban J connectivity index is 1.82. The van der Waals surface area contributed by atoms with Crippen molar-refractivity contribution in [1.29, 1.82) is 0 Å². The lowest BCUT2D eigenvalue weighted by molar-refractivity contribution is -0.118. The maximum absolute atomic E-state index is 11.9. The van der Waals surface area contributed by atoms with E-state index in [0.717, 1.165) is 39.0 Å². The second-order valence-corrected chi connectivity index (χ2v) is 4.47. The van der Waals surface area contributed by atoms with Crippen molar-refractivity contribution in [1.82, 2.24) is 9.80 Å². The Kier molecular flexibility index (Phi) is 2.09. The minimum atomic E-state index is -0.0128. The molecule has 2 fully saturated rings. The van der Waals surface area contributed by atoms with Gasteiger partial charge in [0.2, 0.25) is 11.6 Å². The van der Waals surface area contributed by atoms with E-state index in [0.29, 0.717) is 11.4 Å². The van der Waals surface area contributed by atoms with E-state index in [1.165, 1.54) is 12.2 Å². The van der Waals surface area contributed by atoms with Crippen LogP contribution in [0.5, 0.6) is 0 Å². The zero-order chi connectivity index (χ0) is 11.1. The Bertz CT molecular complexity index is 375. The van der Waals surface area contributed by atoms with E-state index >= 15 is 0 Å². The number of ketones is 2. The number of rotatable bonds is 2. The molecule has 0 radical (unpaired) electrons. The van der Waals surface area contributed by atoms with Crippen molar-refractivity contribution in [2.45, 2.75) is 12.8 Å². The molecule has 0 unspecified atom stereocenters. The third-order valence-corrected chi connectivity index (χ3v) is 3.43. The quantitative estimate of drug-likeness (QED) is 0.626. The first-order chi connectivity index (χ1) is 7.75. The van der Waals surface area contributed by atoms with Gasteiger partial charge in [-0.1, -0.05) is 0 Å². The summed E-state index contributed by atoms with van der Waals surface area (Å²) in [7, 11) is 0. The number of carbonyl (C=O) groups excluding carboxylic acids is 2. The van der Waals surface area contributed by atoms with E-state index in [1.807, 2.05) is 9.80 Å². The van der Waals surface area contributed by atoms with E-state index in [1.54, 1.807) is 0 Å². The molecule has 2 saturated heterocycles. The van der Waals surface area contributed by atoms with Gasteiger partial charge in [0.05, 0.1) is 11.4 Å². The first-order valence-corrected chi connectivity index (χ1v) is 5.78. The summed E-state index contributed by atoms with van der Waals surface area (Å²) in [4.78, 5) is 27.7. The smallest absolute Gasteiger partial charge is 0.204 e. The van der Waals surface area contributed by atoms with Gasteiger partial charge in [0.15, 0.2) is 0 Å². The highest BCUT2D eigenvalue weighted by Gasteiger charge is 2.30. The van der Waals surface area contributed by atoms with Crippen LogP contribution in [0.2, 0.25) is 0 Å². The van der Waals surface area contributed by atoms with Crippen molar-refractivity contribution >= 4 is 11.6 Å². The van der Waals surface area contributed by atoms with Gasteiger partial charge in [-0.3, -0.25) is 9.59 Å². The molecule has 4 nitrogen and oxygen atoms in total. The highest BCUT2D eigenvalue weighted by molar-refractivity contribution is 6.19. The van der Waals surface area contributed by atoms with Gasteiger partial charge in [-0.25, -0.2) is 0 Å². The lowest BCUT2D eigenvalue weighted by atomic mass is 10.00. The fraction of sp³-hybridized carbons (Fsp3) is 0.500. The highest BCUT2D eigenvalue weighted by atomic mass is 16.1. The van der Waals surface area contributed by atoms with Crippen LogP contribution in [0.4, 0.5) is 0 Å². The molecule has 84 valence electrons. The Morgan fingerprint density at radius 1 is 0.750 bits per heavy atom. The third kappa shape index (κ3) is 1.37. The summed E-state index contributed by atoms with van der Waals surface area (Å²) < 4.78 is 0. The molecule has 0 aromatic heterocycles. The highest BCUT2D eigenvalue weighted by Crippen LogP contribution is 2.24. The van der Waals surface area contributed by atoms with Gasteiger partial charge in [0.1, 0.15) is 0 Å². The van der Waals surface area contributed by atoms with Crippen molar-refractivity contribution in [3.8, 4) is 0 Å². The fourth-order valence-corrected chi connectivity index (χ4v) is 2.15. The number of carbonyl (C=O) groups is 2. The molecule has 0 spiro atoms. The first kappa shape index (κ1) is 9.63. The van der Waals surface area contributed by atoms with Crippen LogP contribution in [0.25, 0.3) is 0 Å². The van der Waals surface area contributed by atoms with Crippen LogP contribution in [0.15, 0.2) is 23.5 Å². The molecule has 16 heavy (non-hydrogen) atoms. The van der Waals surface area contributed by atoms with E-state index in [4.69, 9.17) is 0 Å². The normalized spacial score (nSPS) is 24.8. The third-order valence-electron chi connectivity index (χ3n) is 3.43. The van der Waals surface area contributed by atoms with Crippen LogP contribution in [0.3, 0.4) is 0 Å². The summed E-state index contributed by atoms with van der Waals surface area (Å²) in [6.45, 7) is 3.60. The molecule has 0 atom stereocenters. The van der Waals surface area contributed by atoms with Crippen molar-refractivity contribution < 1.29 is 9.59 Å². The van der Waals surface area contributed by atoms with Crippen LogP contribution < -0.4 is 0 Å². The zero-order valence-corrected chi connectivity index (χ0v) is 9.11. The molecule has 0 bridgehead atoms. The van der Waals surface area contributed by atoms with E-state index < -0.39 is 0 Å². The summed E-state index contributed by atoms with van der Waals surface area (Å²) in [5.74, 6) is -0.0256. The van der Waals surface area contributed by atoms with E-state index in [9.17, 15) is 9.59 Å². The molecular weight excluding hydrogens is 204 g/mol. The molecule has 0 aromatic carbocycles. The Hall–Kier alpha value is -1.58. The van der Waals surface area contributed by atoms with Crippen LogP contribution in [-0.2, 0) is 9.59 Å². The summed E-state index contributed by atoms with van der Waals surface area (Å²) in [5.41, 5.74) is 1.17. The van der Waals surface area contributed by atoms with Gasteiger partial charge < -0.3 is 9.80 Å².